The maximum absolute atomic E-state index is 12.7. The van der Waals surface area contributed by atoms with E-state index in [9.17, 15) is 14.4 Å². The van der Waals surface area contributed by atoms with Gasteiger partial charge in [-0.05, 0) is 117 Å². The van der Waals surface area contributed by atoms with Crippen LogP contribution in [0.1, 0.15) is 110 Å². The van der Waals surface area contributed by atoms with Crippen LogP contribution in [0.3, 0.4) is 0 Å². The number of carbonyl (C=O) groups is 3. The Hall–Kier alpha value is -3.03. The van der Waals surface area contributed by atoms with E-state index in [2.05, 4.69) is 40.7 Å². The fourth-order valence-corrected chi connectivity index (χ4v) is 9.57. The molecule has 0 aliphatic heterocycles. The molecule has 1 aromatic rings. The number of benzene rings is 1. The molecule has 1 unspecified atom stereocenters. The first kappa shape index (κ1) is 31.4. The van der Waals surface area contributed by atoms with Crippen LogP contribution in [-0.4, -0.2) is 31.4 Å². The summed E-state index contributed by atoms with van der Waals surface area (Å²) in [4.78, 5) is 37.6. The third-order valence-corrected chi connectivity index (χ3v) is 12.5. The molecular weight excluding hydrogens is 546 g/mol. The van der Waals surface area contributed by atoms with Gasteiger partial charge < -0.3 is 24.7 Å². The fraction of sp³-hybridized carbons (Fsp3) is 0.686. The van der Waals surface area contributed by atoms with Gasteiger partial charge in [-0.2, -0.15) is 0 Å². The summed E-state index contributed by atoms with van der Waals surface area (Å²) in [6.07, 6.45) is 8.20. The molecule has 8 heteroatoms. The van der Waals surface area contributed by atoms with E-state index in [1.54, 1.807) is 13.8 Å². The molecule has 2 N–H and O–H groups in total. The van der Waals surface area contributed by atoms with Crippen LogP contribution in [0.15, 0.2) is 17.7 Å². The zero-order chi connectivity index (χ0) is 31.6. The van der Waals surface area contributed by atoms with Gasteiger partial charge >= 0.3 is 12.3 Å². The Balaban J connectivity index is 1.60. The van der Waals surface area contributed by atoms with E-state index in [4.69, 9.17) is 24.7 Å². The minimum Gasteiger partial charge on any atom is -0.434 e. The van der Waals surface area contributed by atoms with Crippen molar-refractivity contribution >= 4 is 18.2 Å². The zero-order valence-electron chi connectivity index (χ0n) is 27.2. The molecule has 236 valence electrons. The minimum absolute atomic E-state index is 0.00769. The molecule has 0 saturated heterocycles. The number of rotatable bonds is 5. The Morgan fingerprint density at radius 2 is 1.51 bits per heavy atom. The van der Waals surface area contributed by atoms with Gasteiger partial charge in [0.05, 0.1) is 13.2 Å². The van der Waals surface area contributed by atoms with Gasteiger partial charge in [-0.15, -0.1) is 0 Å². The van der Waals surface area contributed by atoms with Gasteiger partial charge in [0.25, 0.3) is 0 Å². The summed E-state index contributed by atoms with van der Waals surface area (Å²) in [5.41, 5.74) is 9.64. The molecule has 43 heavy (non-hydrogen) atoms. The molecule has 4 aliphatic rings. The van der Waals surface area contributed by atoms with E-state index in [0.717, 1.165) is 61.6 Å². The second kappa shape index (κ2) is 10.6. The molecule has 1 aromatic carbocycles. The van der Waals surface area contributed by atoms with Crippen LogP contribution in [-0.2, 0) is 26.1 Å². The Kier molecular flexibility index (Phi) is 7.70. The van der Waals surface area contributed by atoms with Crippen molar-refractivity contribution in [3.8, 4) is 11.5 Å². The van der Waals surface area contributed by atoms with Crippen LogP contribution in [0.2, 0.25) is 0 Å². The predicted octanol–water partition coefficient (Wildman–Crippen LogP) is 7.70. The minimum atomic E-state index is -0.850. The van der Waals surface area contributed by atoms with E-state index in [0.29, 0.717) is 12.3 Å². The van der Waals surface area contributed by atoms with Crippen molar-refractivity contribution in [2.45, 2.75) is 112 Å². The van der Waals surface area contributed by atoms with E-state index in [-0.39, 0.29) is 52.3 Å². The summed E-state index contributed by atoms with van der Waals surface area (Å²) in [6, 6.07) is 1.88. The molecule has 4 aliphatic carbocycles. The molecule has 0 heterocycles. The van der Waals surface area contributed by atoms with Crippen molar-refractivity contribution in [3.05, 3.63) is 34.4 Å². The molecule has 0 spiro atoms. The van der Waals surface area contributed by atoms with Gasteiger partial charge in [0.1, 0.15) is 0 Å². The number of carbonyl (C=O) groups excluding carboxylic acids is 3. The van der Waals surface area contributed by atoms with Crippen LogP contribution in [0, 0.1) is 34.5 Å². The second-order valence-corrected chi connectivity index (χ2v) is 14.7. The highest BCUT2D eigenvalue weighted by Crippen LogP contribution is 2.74. The Morgan fingerprint density at radius 1 is 0.884 bits per heavy atom. The topological polar surface area (TPSA) is 114 Å². The van der Waals surface area contributed by atoms with Gasteiger partial charge in [-0.3, -0.25) is 4.79 Å². The number of hydrogen-bond acceptors (Lipinski definition) is 7. The van der Waals surface area contributed by atoms with Crippen molar-refractivity contribution < 1.29 is 33.3 Å². The van der Waals surface area contributed by atoms with Gasteiger partial charge in [-0.1, -0.05) is 46.3 Å². The summed E-state index contributed by atoms with van der Waals surface area (Å²) in [6.45, 7) is 17.4. The highest BCUT2D eigenvalue weighted by atomic mass is 16.7. The molecule has 6 atom stereocenters. The van der Waals surface area contributed by atoms with E-state index < -0.39 is 17.7 Å². The first-order valence-corrected chi connectivity index (χ1v) is 16.0. The number of primary amides is 1. The van der Waals surface area contributed by atoms with Crippen molar-refractivity contribution in [2.24, 2.45) is 33.3 Å². The smallest absolute Gasteiger partial charge is 0.434 e. The largest absolute Gasteiger partial charge is 0.513 e. The van der Waals surface area contributed by atoms with Gasteiger partial charge in [0.15, 0.2) is 11.5 Å². The number of amides is 1. The van der Waals surface area contributed by atoms with Crippen molar-refractivity contribution in [1.29, 1.82) is 0 Å². The summed E-state index contributed by atoms with van der Waals surface area (Å²) in [5.74, 6) is 0.535. The van der Waals surface area contributed by atoms with E-state index in [1.807, 2.05) is 13.0 Å². The van der Waals surface area contributed by atoms with Crippen LogP contribution in [0.5, 0.6) is 11.5 Å². The van der Waals surface area contributed by atoms with Gasteiger partial charge in [0.2, 0.25) is 5.91 Å². The average molecular weight is 596 g/mol. The highest BCUT2D eigenvalue weighted by Gasteiger charge is 2.67. The maximum atomic E-state index is 12.7. The SMILES string of the molecule is CCOC(=O)Oc1cc2c(c(C)c1OC(=O)OCC)CC=C1C3(C)CC[C@@]4(C)CC[C@@](C)(C(N)=O)C[C@H]4[C@]3(C)CC[C@]12C. The van der Waals surface area contributed by atoms with Crippen LogP contribution >= 0.6 is 0 Å². The monoisotopic (exact) mass is 595 g/mol. The number of ether oxygens (including phenoxy) is 4. The van der Waals surface area contributed by atoms with Crippen LogP contribution in [0.4, 0.5) is 9.59 Å². The van der Waals surface area contributed by atoms with Crippen molar-refractivity contribution in [1.82, 2.24) is 0 Å². The first-order chi connectivity index (χ1) is 20.1. The number of hydrogen-bond donors (Lipinski definition) is 1. The third-order valence-electron chi connectivity index (χ3n) is 12.5. The molecular formula is C35H49NO7. The second-order valence-electron chi connectivity index (χ2n) is 14.7. The summed E-state index contributed by atoms with van der Waals surface area (Å²) in [7, 11) is 0. The number of allylic oxidation sites excluding steroid dienone is 2. The van der Waals surface area contributed by atoms with Crippen LogP contribution < -0.4 is 15.2 Å². The van der Waals surface area contributed by atoms with Crippen molar-refractivity contribution in [2.75, 3.05) is 13.2 Å². The Bertz CT molecular complexity index is 1380. The Morgan fingerprint density at radius 3 is 2.14 bits per heavy atom. The number of nitrogens with two attached hydrogens (primary N) is 1. The summed E-state index contributed by atoms with van der Waals surface area (Å²) < 4.78 is 21.4. The first-order valence-electron chi connectivity index (χ1n) is 16.0. The molecule has 3 saturated carbocycles. The molecule has 0 aromatic heterocycles. The molecule has 0 bridgehead atoms. The lowest BCUT2D eigenvalue weighted by Gasteiger charge is -2.70. The molecule has 8 nitrogen and oxygen atoms in total. The molecule has 0 radical (unpaired) electrons. The average Bonchev–Trinajstić information content (AvgIpc) is 2.94. The Labute approximate surface area is 256 Å². The van der Waals surface area contributed by atoms with E-state index >= 15 is 0 Å². The van der Waals surface area contributed by atoms with Gasteiger partial charge in [0, 0.05) is 10.8 Å². The third kappa shape index (κ3) is 4.65. The highest BCUT2D eigenvalue weighted by molar-refractivity contribution is 5.80. The molecule has 1 amide bonds. The van der Waals surface area contributed by atoms with Gasteiger partial charge in [-0.25, -0.2) is 9.59 Å². The lowest BCUT2D eigenvalue weighted by Crippen LogP contribution is -2.63. The standard InChI is InChI=1S/C35H49NO7/c1-9-40-29(38)42-24-19-23-22(21(3)27(24)43-30(39)41-10-2)11-12-25-33(23,6)16-18-35(8)26-20-32(5,28(36)37)14-13-31(26,4)15-17-34(25,35)7/h12,19,26H,9-11,13-18,20H2,1-8H3,(H2,36,37)/t26-,31-,32-,33+,34?,35+/m1/s1. The predicted molar refractivity (Wildman–Crippen MR) is 163 cm³/mol. The quantitative estimate of drug-likeness (QED) is 0.211. The fourth-order valence-electron chi connectivity index (χ4n) is 9.57. The number of fused-ring (bicyclic) bond motifs is 7. The normalized spacial score (nSPS) is 36.1. The van der Waals surface area contributed by atoms with E-state index in [1.165, 1.54) is 5.57 Å². The molecule has 3 fully saturated rings. The lowest BCUT2D eigenvalue weighted by molar-refractivity contribution is -0.166. The van der Waals surface area contributed by atoms with Crippen LogP contribution in [0.25, 0.3) is 0 Å². The van der Waals surface area contributed by atoms with Crippen molar-refractivity contribution in [3.63, 3.8) is 0 Å². The maximum Gasteiger partial charge on any atom is 0.513 e. The summed E-state index contributed by atoms with van der Waals surface area (Å²) in [5, 5.41) is 0. The zero-order valence-corrected chi connectivity index (χ0v) is 27.2. The molecule has 5 rings (SSSR count). The lowest BCUT2D eigenvalue weighted by atomic mass is 9.34. The summed E-state index contributed by atoms with van der Waals surface area (Å²) >= 11 is 0.